The molecule has 2 aromatic carbocycles. The molecular weight excluding hydrogens is 364 g/mol. The fraction of sp³-hybridized carbons (Fsp3) is 0.150. The Kier molecular flexibility index (Phi) is 4.58. The number of carbonyl (C=O) groups is 1. The van der Waals surface area contributed by atoms with Crippen molar-refractivity contribution in [2.24, 2.45) is 5.73 Å². The Labute approximate surface area is 150 Å². The third-order valence-electron chi connectivity index (χ3n) is 4.18. The highest BCUT2D eigenvalue weighted by atomic mass is 79.9. The molecule has 0 bridgehead atoms. The molecule has 122 valence electrons. The van der Waals surface area contributed by atoms with E-state index in [4.69, 9.17) is 5.73 Å². The van der Waals surface area contributed by atoms with Crippen LogP contribution in [0.25, 0.3) is 11.3 Å². The molecule has 0 saturated heterocycles. The highest BCUT2D eigenvalue weighted by Crippen LogP contribution is 2.29. The van der Waals surface area contributed by atoms with Gasteiger partial charge >= 0.3 is 0 Å². The van der Waals surface area contributed by atoms with E-state index in [-0.39, 0.29) is 0 Å². The standard InChI is InChI=1S/C20H19BrN2O/c1-13-5-3-6-15(9-13)12-23-14(2)18(20(22)24)11-19(23)16-7-4-8-17(21)10-16/h3-11H,12H2,1-2H3,(H2,22,24). The molecule has 0 atom stereocenters. The second-order valence-corrected chi connectivity index (χ2v) is 6.89. The maximum Gasteiger partial charge on any atom is 0.250 e. The van der Waals surface area contributed by atoms with Crippen LogP contribution in [0.5, 0.6) is 0 Å². The van der Waals surface area contributed by atoms with Crippen LogP contribution in [0.15, 0.2) is 59.1 Å². The quantitative estimate of drug-likeness (QED) is 0.699. The summed E-state index contributed by atoms with van der Waals surface area (Å²) < 4.78 is 3.15. The summed E-state index contributed by atoms with van der Waals surface area (Å²) in [6.07, 6.45) is 0. The van der Waals surface area contributed by atoms with E-state index in [1.807, 2.05) is 37.3 Å². The fourth-order valence-corrected chi connectivity index (χ4v) is 3.38. The van der Waals surface area contributed by atoms with Crippen molar-refractivity contribution in [1.29, 1.82) is 0 Å². The van der Waals surface area contributed by atoms with Crippen LogP contribution in [0.1, 0.15) is 27.2 Å². The molecule has 1 heterocycles. The van der Waals surface area contributed by atoms with Gasteiger partial charge in [0.2, 0.25) is 0 Å². The Balaban J connectivity index is 2.14. The Morgan fingerprint density at radius 2 is 1.83 bits per heavy atom. The normalized spacial score (nSPS) is 10.8. The number of aromatic nitrogens is 1. The van der Waals surface area contributed by atoms with E-state index in [1.165, 1.54) is 11.1 Å². The van der Waals surface area contributed by atoms with E-state index < -0.39 is 5.91 Å². The molecule has 24 heavy (non-hydrogen) atoms. The minimum Gasteiger partial charge on any atom is -0.366 e. The lowest BCUT2D eigenvalue weighted by molar-refractivity contribution is 0.0999. The van der Waals surface area contributed by atoms with Crippen LogP contribution in [-0.4, -0.2) is 10.5 Å². The predicted molar refractivity (Wildman–Crippen MR) is 101 cm³/mol. The molecule has 3 rings (SSSR count). The number of nitrogens with zero attached hydrogens (tertiary/aromatic N) is 1. The molecule has 0 aliphatic rings. The van der Waals surface area contributed by atoms with Crippen molar-refractivity contribution in [3.63, 3.8) is 0 Å². The van der Waals surface area contributed by atoms with Gasteiger partial charge in [0.15, 0.2) is 0 Å². The van der Waals surface area contributed by atoms with Gasteiger partial charge < -0.3 is 10.3 Å². The zero-order chi connectivity index (χ0) is 17.3. The molecular formula is C20H19BrN2O. The second-order valence-electron chi connectivity index (χ2n) is 5.98. The van der Waals surface area contributed by atoms with Crippen molar-refractivity contribution in [2.45, 2.75) is 20.4 Å². The molecule has 0 fully saturated rings. The van der Waals surface area contributed by atoms with E-state index in [1.54, 1.807) is 0 Å². The third kappa shape index (κ3) is 3.29. The average Bonchev–Trinajstić information content (AvgIpc) is 2.85. The van der Waals surface area contributed by atoms with Gasteiger partial charge in [-0.3, -0.25) is 4.79 Å². The molecule has 2 N–H and O–H groups in total. The number of aryl methyl sites for hydroxylation is 1. The van der Waals surface area contributed by atoms with Crippen molar-refractivity contribution in [3.8, 4) is 11.3 Å². The Morgan fingerprint density at radius 1 is 1.08 bits per heavy atom. The molecule has 0 aliphatic carbocycles. The van der Waals surface area contributed by atoms with Gasteiger partial charge in [0.05, 0.1) is 5.56 Å². The van der Waals surface area contributed by atoms with Gasteiger partial charge in [0.1, 0.15) is 0 Å². The lowest BCUT2D eigenvalue weighted by Crippen LogP contribution is -2.12. The van der Waals surface area contributed by atoms with Gasteiger partial charge in [0.25, 0.3) is 5.91 Å². The third-order valence-corrected chi connectivity index (χ3v) is 4.67. The first kappa shape index (κ1) is 16.5. The van der Waals surface area contributed by atoms with Gasteiger partial charge in [-0.15, -0.1) is 0 Å². The van der Waals surface area contributed by atoms with E-state index in [0.717, 1.165) is 21.4 Å². The largest absolute Gasteiger partial charge is 0.366 e. The van der Waals surface area contributed by atoms with Crippen molar-refractivity contribution < 1.29 is 4.79 Å². The molecule has 0 radical (unpaired) electrons. The number of hydrogen-bond acceptors (Lipinski definition) is 1. The molecule has 1 aromatic heterocycles. The van der Waals surface area contributed by atoms with Gasteiger partial charge in [-0.25, -0.2) is 0 Å². The lowest BCUT2D eigenvalue weighted by Gasteiger charge is -2.13. The van der Waals surface area contributed by atoms with Crippen molar-refractivity contribution in [1.82, 2.24) is 4.57 Å². The van der Waals surface area contributed by atoms with Crippen molar-refractivity contribution in [3.05, 3.63) is 81.5 Å². The molecule has 0 unspecified atom stereocenters. The first-order valence-electron chi connectivity index (χ1n) is 7.77. The molecule has 4 heteroatoms. The number of nitrogens with two attached hydrogens (primary N) is 1. The van der Waals surface area contributed by atoms with E-state index in [2.05, 4.69) is 51.7 Å². The van der Waals surface area contributed by atoms with Gasteiger partial charge in [-0.1, -0.05) is 57.9 Å². The monoisotopic (exact) mass is 382 g/mol. The minimum absolute atomic E-state index is 0.397. The Hall–Kier alpha value is -2.33. The number of halogens is 1. The van der Waals surface area contributed by atoms with E-state index in [9.17, 15) is 4.79 Å². The van der Waals surface area contributed by atoms with Crippen LogP contribution >= 0.6 is 15.9 Å². The second kappa shape index (κ2) is 6.65. The summed E-state index contributed by atoms with van der Waals surface area (Å²) in [5.41, 5.74) is 11.5. The topological polar surface area (TPSA) is 48.0 Å². The molecule has 1 amide bonds. The molecule has 0 spiro atoms. The van der Waals surface area contributed by atoms with E-state index in [0.29, 0.717) is 12.1 Å². The molecule has 3 aromatic rings. The highest BCUT2D eigenvalue weighted by Gasteiger charge is 2.17. The summed E-state index contributed by atoms with van der Waals surface area (Å²) >= 11 is 3.51. The SMILES string of the molecule is Cc1cccc(Cn2c(-c3cccc(Br)c3)cc(C(N)=O)c2C)c1. The van der Waals surface area contributed by atoms with Crippen molar-refractivity contribution >= 4 is 21.8 Å². The summed E-state index contributed by atoms with van der Waals surface area (Å²) in [6.45, 7) is 4.72. The van der Waals surface area contributed by atoms with Gasteiger partial charge in [-0.2, -0.15) is 0 Å². The van der Waals surface area contributed by atoms with Gasteiger partial charge in [-0.05, 0) is 43.2 Å². The Morgan fingerprint density at radius 3 is 2.50 bits per heavy atom. The maximum atomic E-state index is 11.8. The van der Waals surface area contributed by atoms with Crippen LogP contribution in [0, 0.1) is 13.8 Å². The van der Waals surface area contributed by atoms with Crippen LogP contribution in [-0.2, 0) is 6.54 Å². The summed E-state index contributed by atoms with van der Waals surface area (Å²) in [6, 6.07) is 18.3. The van der Waals surface area contributed by atoms with E-state index >= 15 is 0 Å². The zero-order valence-electron chi connectivity index (χ0n) is 13.7. The number of primary amides is 1. The number of amides is 1. The predicted octanol–water partition coefficient (Wildman–Crippen LogP) is 4.68. The van der Waals surface area contributed by atoms with Crippen LogP contribution in [0.3, 0.4) is 0 Å². The average molecular weight is 383 g/mol. The number of hydrogen-bond donors (Lipinski definition) is 1. The summed E-state index contributed by atoms with van der Waals surface area (Å²) in [5.74, 6) is -0.397. The summed E-state index contributed by atoms with van der Waals surface area (Å²) in [5, 5.41) is 0. The Bertz CT molecular complexity index is 912. The summed E-state index contributed by atoms with van der Waals surface area (Å²) in [4.78, 5) is 11.8. The summed E-state index contributed by atoms with van der Waals surface area (Å²) in [7, 11) is 0. The van der Waals surface area contributed by atoms with Crippen LogP contribution in [0.4, 0.5) is 0 Å². The first-order valence-corrected chi connectivity index (χ1v) is 8.56. The molecule has 0 saturated carbocycles. The highest BCUT2D eigenvalue weighted by molar-refractivity contribution is 9.10. The smallest absolute Gasteiger partial charge is 0.250 e. The lowest BCUT2D eigenvalue weighted by atomic mass is 10.1. The van der Waals surface area contributed by atoms with Gasteiger partial charge in [0, 0.05) is 22.4 Å². The molecule has 0 aliphatic heterocycles. The van der Waals surface area contributed by atoms with Crippen LogP contribution < -0.4 is 5.73 Å². The number of rotatable bonds is 4. The zero-order valence-corrected chi connectivity index (χ0v) is 15.3. The first-order chi connectivity index (χ1) is 11.5. The van der Waals surface area contributed by atoms with Crippen molar-refractivity contribution in [2.75, 3.05) is 0 Å². The maximum absolute atomic E-state index is 11.8. The number of carbonyl (C=O) groups excluding carboxylic acids is 1. The number of benzene rings is 2. The molecule has 3 nitrogen and oxygen atoms in total. The fourth-order valence-electron chi connectivity index (χ4n) is 2.98. The minimum atomic E-state index is -0.397. The van der Waals surface area contributed by atoms with Crippen LogP contribution in [0.2, 0.25) is 0 Å².